The van der Waals surface area contributed by atoms with Crippen LogP contribution in [0.2, 0.25) is 5.02 Å². The molecule has 2 aliphatic rings. The van der Waals surface area contributed by atoms with Crippen molar-refractivity contribution in [3.8, 4) is 0 Å². The lowest BCUT2D eigenvalue weighted by atomic mass is 9.74. The maximum absolute atomic E-state index is 12.4. The van der Waals surface area contributed by atoms with Crippen LogP contribution >= 0.6 is 11.6 Å². The Balaban J connectivity index is 1.66. The van der Waals surface area contributed by atoms with Gasteiger partial charge in [-0.25, -0.2) is 0 Å². The minimum atomic E-state index is -0.833. The third-order valence-corrected chi connectivity index (χ3v) is 7.33. The molecule has 0 bridgehead atoms. The second-order valence-corrected chi connectivity index (χ2v) is 9.79. The summed E-state index contributed by atoms with van der Waals surface area (Å²) >= 11 is 6.11. The highest BCUT2D eigenvalue weighted by Crippen LogP contribution is 2.41. The molecule has 1 aliphatic carbocycles. The van der Waals surface area contributed by atoms with E-state index >= 15 is 0 Å². The summed E-state index contributed by atoms with van der Waals surface area (Å²) in [5.41, 5.74) is 2.67. The van der Waals surface area contributed by atoms with Gasteiger partial charge in [0.25, 0.3) is 0 Å². The van der Waals surface area contributed by atoms with Crippen LogP contribution in [0.4, 0.5) is 0 Å². The second kappa shape index (κ2) is 10.3. The Morgan fingerprint density at radius 1 is 1.00 bits per heavy atom. The molecule has 1 saturated heterocycles. The number of rotatable bonds is 5. The molecule has 2 fully saturated rings. The predicted octanol–water partition coefficient (Wildman–Crippen LogP) is 5.13. The van der Waals surface area contributed by atoms with Crippen LogP contribution in [0, 0.1) is 5.92 Å². The largest absolute Gasteiger partial charge is 0.385 e. The highest BCUT2D eigenvalue weighted by atomic mass is 35.5. The molecule has 2 aromatic rings. The molecular weight excluding hydrogens is 404 g/mol. The number of halogens is 1. The highest BCUT2D eigenvalue weighted by molar-refractivity contribution is 6.30. The zero-order chi connectivity index (χ0) is 21.7. The average molecular weight is 439 g/mol. The van der Waals surface area contributed by atoms with Crippen LogP contribution in [0.5, 0.6) is 0 Å². The molecule has 166 valence electrons. The highest BCUT2D eigenvalue weighted by Gasteiger charge is 2.42. The van der Waals surface area contributed by atoms with Gasteiger partial charge >= 0.3 is 0 Å². The Morgan fingerprint density at radius 3 is 2.42 bits per heavy atom. The fourth-order valence-electron chi connectivity index (χ4n) is 5.13. The number of piperazine rings is 1. The van der Waals surface area contributed by atoms with Crippen LogP contribution in [-0.4, -0.2) is 60.3 Å². The van der Waals surface area contributed by atoms with Gasteiger partial charge in [-0.2, -0.15) is 0 Å². The smallest absolute Gasteiger partial charge is 0.0940 e. The van der Waals surface area contributed by atoms with Crippen LogP contribution in [0.15, 0.2) is 60.2 Å². The second-order valence-electron chi connectivity index (χ2n) is 9.35. The summed E-state index contributed by atoms with van der Waals surface area (Å²) in [6, 6.07) is 18.5. The molecule has 2 atom stereocenters. The van der Waals surface area contributed by atoms with Gasteiger partial charge in [-0.3, -0.25) is 0 Å². The van der Waals surface area contributed by atoms with E-state index in [0.29, 0.717) is 6.42 Å². The summed E-state index contributed by atoms with van der Waals surface area (Å²) in [7, 11) is 2.20. The van der Waals surface area contributed by atoms with E-state index in [1.165, 1.54) is 17.6 Å². The van der Waals surface area contributed by atoms with Crippen LogP contribution in [-0.2, 0) is 6.42 Å². The van der Waals surface area contributed by atoms with E-state index in [0.717, 1.165) is 62.6 Å². The van der Waals surface area contributed by atoms with Gasteiger partial charge in [-0.15, -0.1) is 0 Å². The fraction of sp³-hybridized carbons (Fsp3) is 0.481. The minimum Gasteiger partial charge on any atom is -0.385 e. The standard InChI is InChI=1S/C27H35ClN2O/c1-29-15-17-30(18-16-29)21-25-10-6-5-9-24(19-22-11-13-26(28)14-12-22)27(25,31)20-23-7-3-2-4-8-23/h2-4,7-8,11-14,19,25,31H,5-6,9-10,15-18,20-21H2,1H3. The number of hydrogen-bond donors (Lipinski definition) is 1. The molecule has 1 saturated carbocycles. The molecule has 4 rings (SSSR count). The first kappa shape index (κ1) is 22.5. The van der Waals surface area contributed by atoms with Crippen molar-refractivity contribution in [3.63, 3.8) is 0 Å². The van der Waals surface area contributed by atoms with Gasteiger partial charge in [-0.1, -0.05) is 66.6 Å². The summed E-state index contributed by atoms with van der Waals surface area (Å²) in [5.74, 6) is 0.233. The lowest BCUT2D eigenvalue weighted by Gasteiger charge is -2.42. The molecule has 4 heteroatoms. The Hall–Kier alpha value is -1.65. The number of benzene rings is 2. The Labute approximate surface area is 192 Å². The molecule has 1 aliphatic heterocycles. The van der Waals surface area contributed by atoms with Crippen molar-refractivity contribution < 1.29 is 5.11 Å². The van der Waals surface area contributed by atoms with Crippen molar-refractivity contribution in [1.82, 2.24) is 9.80 Å². The van der Waals surface area contributed by atoms with Gasteiger partial charge in [-0.05, 0) is 55.1 Å². The fourth-order valence-corrected chi connectivity index (χ4v) is 5.26. The molecule has 1 N–H and O–H groups in total. The molecule has 2 unspecified atom stereocenters. The van der Waals surface area contributed by atoms with Crippen molar-refractivity contribution >= 4 is 17.7 Å². The summed E-state index contributed by atoms with van der Waals surface area (Å²) in [4.78, 5) is 4.96. The topological polar surface area (TPSA) is 26.7 Å². The predicted molar refractivity (Wildman–Crippen MR) is 130 cm³/mol. The summed E-state index contributed by atoms with van der Waals surface area (Å²) in [6.45, 7) is 5.36. The van der Waals surface area contributed by atoms with Gasteiger partial charge in [0.1, 0.15) is 0 Å². The lowest BCUT2D eigenvalue weighted by Crippen LogP contribution is -2.51. The first-order chi connectivity index (χ1) is 15.0. The normalized spacial score (nSPS) is 27.3. The van der Waals surface area contributed by atoms with Crippen molar-refractivity contribution in [3.05, 3.63) is 76.3 Å². The zero-order valence-corrected chi connectivity index (χ0v) is 19.4. The molecular formula is C27H35ClN2O. The third-order valence-electron chi connectivity index (χ3n) is 7.08. The van der Waals surface area contributed by atoms with E-state index in [-0.39, 0.29) is 5.92 Å². The van der Waals surface area contributed by atoms with Gasteiger partial charge < -0.3 is 14.9 Å². The van der Waals surface area contributed by atoms with Gasteiger partial charge in [0.2, 0.25) is 0 Å². The molecule has 0 radical (unpaired) electrons. The SMILES string of the molecule is CN1CCN(CC2CCCCC(=Cc3ccc(Cl)cc3)C2(O)Cc2ccccc2)CC1. The van der Waals surface area contributed by atoms with Gasteiger partial charge in [0.05, 0.1) is 5.60 Å². The van der Waals surface area contributed by atoms with Crippen LogP contribution in [0.3, 0.4) is 0 Å². The molecule has 2 aromatic carbocycles. The monoisotopic (exact) mass is 438 g/mol. The van der Waals surface area contributed by atoms with E-state index in [1.807, 2.05) is 18.2 Å². The van der Waals surface area contributed by atoms with E-state index < -0.39 is 5.60 Å². The minimum absolute atomic E-state index is 0.233. The molecule has 0 amide bonds. The van der Waals surface area contributed by atoms with Crippen molar-refractivity contribution in [2.75, 3.05) is 39.8 Å². The van der Waals surface area contributed by atoms with Crippen molar-refractivity contribution in [2.24, 2.45) is 5.92 Å². The summed E-state index contributed by atoms with van der Waals surface area (Å²) in [6.07, 6.45) is 7.23. The van der Waals surface area contributed by atoms with Crippen LogP contribution < -0.4 is 0 Å². The zero-order valence-electron chi connectivity index (χ0n) is 18.6. The first-order valence-electron chi connectivity index (χ1n) is 11.7. The Kier molecular flexibility index (Phi) is 7.50. The Bertz CT molecular complexity index is 859. The molecule has 0 spiro atoms. The quantitative estimate of drug-likeness (QED) is 0.655. The molecule has 3 nitrogen and oxygen atoms in total. The molecule has 0 aromatic heterocycles. The maximum atomic E-state index is 12.4. The van der Waals surface area contributed by atoms with E-state index in [4.69, 9.17) is 11.6 Å². The number of hydrogen-bond acceptors (Lipinski definition) is 3. The van der Waals surface area contributed by atoms with E-state index in [1.54, 1.807) is 0 Å². The van der Waals surface area contributed by atoms with Crippen molar-refractivity contribution in [1.29, 1.82) is 0 Å². The number of aliphatic hydroxyl groups is 1. The maximum Gasteiger partial charge on any atom is 0.0940 e. The number of likely N-dealkylation sites (N-methyl/N-ethyl adjacent to an activating group) is 1. The summed E-state index contributed by atoms with van der Waals surface area (Å²) < 4.78 is 0. The van der Waals surface area contributed by atoms with E-state index in [2.05, 4.69) is 59.3 Å². The third kappa shape index (κ3) is 5.78. The average Bonchev–Trinajstić information content (AvgIpc) is 2.91. The van der Waals surface area contributed by atoms with Gasteiger partial charge in [0.15, 0.2) is 0 Å². The first-order valence-corrected chi connectivity index (χ1v) is 12.0. The van der Waals surface area contributed by atoms with E-state index in [9.17, 15) is 5.11 Å². The van der Waals surface area contributed by atoms with Crippen molar-refractivity contribution in [2.45, 2.75) is 37.7 Å². The lowest BCUT2D eigenvalue weighted by molar-refractivity contribution is -0.00643. The Morgan fingerprint density at radius 2 is 1.71 bits per heavy atom. The summed E-state index contributed by atoms with van der Waals surface area (Å²) in [5, 5.41) is 13.1. The molecule has 31 heavy (non-hydrogen) atoms. The van der Waals surface area contributed by atoms with Crippen LogP contribution in [0.25, 0.3) is 6.08 Å². The van der Waals surface area contributed by atoms with Crippen LogP contribution in [0.1, 0.15) is 36.8 Å². The van der Waals surface area contributed by atoms with Gasteiger partial charge in [0, 0.05) is 50.1 Å². The number of nitrogens with zero attached hydrogens (tertiary/aromatic N) is 2. The molecule has 1 heterocycles.